The minimum absolute atomic E-state index is 0. The van der Waals surface area contributed by atoms with Gasteiger partial charge in [-0.1, -0.05) is 6.07 Å². The van der Waals surface area contributed by atoms with Gasteiger partial charge in [-0.2, -0.15) is 0 Å². The molecular formula is C41H26N12RuS3+3. The van der Waals surface area contributed by atoms with Crippen molar-refractivity contribution in [1.82, 2.24) is 59.8 Å². The fourth-order valence-electron chi connectivity index (χ4n) is 5.74. The van der Waals surface area contributed by atoms with Crippen molar-refractivity contribution in [2.75, 3.05) is 0 Å². The zero-order chi connectivity index (χ0) is 37.5. The number of hydrogen-bond acceptors (Lipinski definition) is 14. The number of thiophene rings is 3. The van der Waals surface area contributed by atoms with Gasteiger partial charge in [0.05, 0.1) is 26.9 Å². The Morgan fingerprint density at radius 1 is 0.368 bits per heavy atom. The molecule has 11 rings (SSSR count). The molecule has 0 aliphatic heterocycles. The van der Waals surface area contributed by atoms with Crippen LogP contribution in [0, 0.1) is 0 Å². The van der Waals surface area contributed by atoms with Gasteiger partial charge in [0.2, 0.25) is 0 Å². The third kappa shape index (κ3) is 8.25. The monoisotopic (exact) mass is 884 g/mol. The van der Waals surface area contributed by atoms with Crippen LogP contribution >= 0.6 is 34.0 Å². The Balaban J connectivity index is 0.000000149. The van der Waals surface area contributed by atoms with Gasteiger partial charge in [0.1, 0.15) is 5.82 Å². The van der Waals surface area contributed by atoms with Crippen molar-refractivity contribution in [3.05, 3.63) is 152 Å². The maximum atomic E-state index is 5.01. The number of imidazole rings is 1. The first kappa shape index (κ1) is 37.5. The molecule has 273 valence electrons. The molecule has 1 N–H and O–H groups in total. The zero-order valence-electron chi connectivity index (χ0n) is 29.4. The van der Waals surface area contributed by atoms with Crippen LogP contribution in [0.2, 0.25) is 0 Å². The number of aromatic nitrogens is 12. The maximum Gasteiger partial charge on any atom is 3.00 e. The largest absolute Gasteiger partial charge is 3.00 e. The van der Waals surface area contributed by atoms with Gasteiger partial charge in [-0.3, -0.25) is 9.97 Å². The number of rotatable bonds is 5. The van der Waals surface area contributed by atoms with Gasteiger partial charge >= 0.3 is 19.5 Å². The van der Waals surface area contributed by atoms with Crippen LogP contribution < -0.4 is 0 Å². The van der Waals surface area contributed by atoms with Gasteiger partial charge in [-0.05, 0) is 84.2 Å². The molecule has 11 aromatic rings. The summed E-state index contributed by atoms with van der Waals surface area (Å²) in [6.45, 7) is 0. The first-order valence-corrected chi connectivity index (χ1v) is 19.6. The number of fused-ring (bicyclic) bond motifs is 6. The molecule has 0 saturated carbocycles. The number of nitrogens with one attached hydrogen (secondary N) is 1. The summed E-state index contributed by atoms with van der Waals surface area (Å²) in [5.74, 6) is 3.10. The first-order chi connectivity index (χ1) is 27.8. The van der Waals surface area contributed by atoms with E-state index in [4.69, 9.17) is 4.98 Å². The fourth-order valence-corrected chi connectivity index (χ4v) is 8.62. The van der Waals surface area contributed by atoms with Crippen molar-refractivity contribution in [2.45, 2.75) is 0 Å². The van der Waals surface area contributed by atoms with Crippen LogP contribution in [-0.4, -0.2) is 59.8 Å². The van der Waals surface area contributed by atoms with E-state index in [0.717, 1.165) is 43.5 Å². The van der Waals surface area contributed by atoms with E-state index in [1.165, 1.54) is 19.5 Å². The molecule has 0 unspecified atom stereocenters. The van der Waals surface area contributed by atoms with Gasteiger partial charge in [0.25, 0.3) is 0 Å². The number of nitrogens with zero attached hydrogens (tertiary/aromatic N) is 11. The molecule has 1 radical (unpaired) electrons. The Labute approximate surface area is 349 Å². The third-order valence-electron chi connectivity index (χ3n) is 8.18. The molecule has 12 nitrogen and oxygen atoms in total. The Morgan fingerprint density at radius 2 is 0.789 bits per heavy atom. The predicted octanol–water partition coefficient (Wildman–Crippen LogP) is 9.71. The van der Waals surface area contributed by atoms with E-state index in [1.54, 1.807) is 96.5 Å². The van der Waals surface area contributed by atoms with Gasteiger partial charge in [0.15, 0.2) is 23.3 Å². The van der Waals surface area contributed by atoms with Crippen LogP contribution in [0.3, 0.4) is 0 Å². The third-order valence-corrected chi connectivity index (χ3v) is 11.6. The summed E-state index contributed by atoms with van der Waals surface area (Å²) in [5.41, 5.74) is 3.74. The fraction of sp³-hybridized carbons (Fsp3) is 0. The minimum atomic E-state index is 0. The second kappa shape index (κ2) is 17.6. The number of benzene rings is 1. The molecule has 0 saturated heterocycles. The van der Waals surface area contributed by atoms with Crippen molar-refractivity contribution >= 4 is 66.8 Å². The van der Waals surface area contributed by atoms with E-state index in [9.17, 15) is 0 Å². The normalized spacial score (nSPS) is 10.7. The van der Waals surface area contributed by atoms with Crippen molar-refractivity contribution < 1.29 is 19.5 Å². The van der Waals surface area contributed by atoms with E-state index in [1.807, 2.05) is 35.9 Å². The molecule has 16 heteroatoms. The van der Waals surface area contributed by atoms with E-state index in [0.29, 0.717) is 23.3 Å². The second-order valence-electron chi connectivity index (χ2n) is 11.7. The summed E-state index contributed by atoms with van der Waals surface area (Å²) >= 11 is 5.38. The molecule has 57 heavy (non-hydrogen) atoms. The standard InChI is InChI=1S/C25H14N4S3.2C8H6N4.Ru/c1-4-14-21(26-11-1)22-15(5-2-12-27-22)24-23(14)28-25(29-24)20-10-9-19(32-20)18-8-7-17(31-18)16-6-3-13-30-16;2*1-3-9-7(10-4-1)8-11-5-2-6-12-8;/h1-13H,(H,28,29);2*1-6H;/q;;;+3. The summed E-state index contributed by atoms with van der Waals surface area (Å²) in [7, 11) is 0. The van der Waals surface area contributed by atoms with Gasteiger partial charge in [-0.25, -0.2) is 44.9 Å². The quantitative estimate of drug-likeness (QED) is 0.130. The molecule has 0 amide bonds. The molecule has 10 heterocycles. The van der Waals surface area contributed by atoms with Crippen molar-refractivity contribution in [1.29, 1.82) is 0 Å². The van der Waals surface area contributed by atoms with E-state index < -0.39 is 0 Å². The number of pyridine rings is 2. The molecule has 0 aliphatic carbocycles. The summed E-state index contributed by atoms with van der Waals surface area (Å²) in [4.78, 5) is 56.2. The van der Waals surface area contributed by atoms with E-state index >= 15 is 0 Å². The predicted molar refractivity (Wildman–Crippen MR) is 223 cm³/mol. The zero-order valence-corrected chi connectivity index (χ0v) is 33.6. The van der Waals surface area contributed by atoms with Crippen LogP contribution in [-0.2, 0) is 19.5 Å². The molecular weight excluding hydrogens is 858 g/mol. The molecule has 0 fully saturated rings. The first-order valence-electron chi connectivity index (χ1n) is 17.1. The molecule has 0 bridgehead atoms. The number of hydrogen-bond donors (Lipinski definition) is 1. The summed E-state index contributed by atoms with van der Waals surface area (Å²) < 4.78 is 0. The summed E-state index contributed by atoms with van der Waals surface area (Å²) in [6.07, 6.45) is 17.0. The molecule has 1 aromatic carbocycles. The average Bonchev–Trinajstić information content (AvgIpc) is 4.13. The van der Waals surface area contributed by atoms with Gasteiger partial charge < -0.3 is 4.98 Å². The van der Waals surface area contributed by atoms with Gasteiger partial charge in [0, 0.05) is 92.2 Å². The SMILES string of the molecule is [Ru+3].c1cnc(-c2ncccn2)nc1.c1cnc(-c2ncccn2)nc1.c1csc(-c2ccc(-c3ccc(-c4nc5c6cccnc6c6ncccc6c5[nH]4)s3)s2)c1. The van der Waals surface area contributed by atoms with Crippen molar-refractivity contribution in [3.8, 4) is 53.5 Å². The van der Waals surface area contributed by atoms with Crippen LogP contribution in [0.25, 0.3) is 86.3 Å². The van der Waals surface area contributed by atoms with Gasteiger partial charge in [-0.15, -0.1) is 34.0 Å². The topological polar surface area (TPSA) is 158 Å². The minimum Gasteiger partial charge on any atom is -0.337 e. The van der Waals surface area contributed by atoms with Crippen LogP contribution in [0.1, 0.15) is 0 Å². The Bertz CT molecular complexity index is 2760. The summed E-state index contributed by atoms with van der Waals surface area (Å²) in [6, 6.07) is 28.1. The Morgan fingerprint density at radius 3 is 1.28 bits per heavy atom. The number of H-pyrrole nitrogens is 1. The smallest absolute Gasteiger partial charge is 0.337 e. The number of aromatic amines is 1. The average molecular weight is 884 g/mol. The van der Waals surface area contributed by atoms with E-state index in [2.05, 4.69) is 109 Å². The van der Waals surface area contributed by atoms with Crippen molar-refractivity contribution in [2.24, 2.45) is 0 Å². The Kier molecular flexibility index (Phi) is 11.5. The van der Waals surface area contributed by atoms with Crippen LogP contribution in [0.4, 0.5) is 0 Å². The van der Waals surface area contributed by atoms with Crippen LogP contribution in [0.5, 0.6) is 0 Å². The molecule has 10 aromatic heterocycles. The Hall–Kier alpha value is -6.45. The summed E-state index contributed by atoms with van der Waals surface area (Å²) in [5, 5.41) is 4.19. The molecule has 0 spiro atoms. The molecule has 0 aliphatic rings. The van der Waals surface area contributed by atoms with Crippen LogP contribution in [0.15, 0.2) is 152 Å². The second-order valence-corrected chi connectivity index (χ2v) is 14.8. The van der Waals surface area contributed by atoms with Crippen molar-refractivity contribution in [3.63, 3.8) is 0 Å². The van der Waals surface area contributed by atoms with E-state index in [-0.39, 0.29) is 19.5 Å². The molecule has 0 atom stereocenters. The maximum absolute atomic E-state index is 5.01.